The van der Waals surface area contributed by atoms with Crippen LogP contribution in [0.25, 0.3) is 16.6 Å². The number of piperazine rings is 1. The average molecular weight is 1140 g/mol. The van der Waals surface area contributed by atoms with E-state index in [2.05, 4.69) is 60.9 Å². The number of pyridine rings is 1. The Balaban J connectivity index is 0.934. The van der Waals surface area contributed by atoms with Gasteiger partial charge in [0.1, 0.15) is 22.0 Å². The van der Waals surface area contributed by atoms with Crippen LogP contribution < -0.4 is 19.7 Å². The Bertz CT molecular complexity index is 3170. The molecule has 1 aliphatic carbocycles. The molecule has 0 unspecified atom stereocenters. The first kappa shape index (κ1) is 58.4. The van der Waals surface area contributed by atoms with Gasteiger partial charge in [0.2, 0.25) is 0 Å². The number of unbranched alkanes of at least 4 members (excludes halogenated alkanes) is 3. The quantitative estimate of drug-likeness (QED) is 0.0439. The molecule has 0 radical (unpaired) electrons. The number of nitrogens with one attached hydrogen (secondary N) is 3. The van der Waals surface area contributed by atoms with Gasteiger partial charge in [0, 0.05) is 87.1 Å². The second kappa shape index (κ2) is 25.6. The van der Waals surface area contributed by atoms with Gasteiger partial charge >= 0.3 is 11.5 Å². The summed E-state index contributed by atoms with van der Waals surface area (Å²) in [6, 6.07) is 18.6. The van der Waals surface area contributed by atoms with Gasteiger partial charge in [0.25, 0.3) is 25.8 Å². The van der Waals surface area contributed by atoms with E-state index in [-0.39, 0.29) is 35.0 Å². The number of halogens is 4. The molecule has 0 bridgehead atoms. The summed E-state index contributed by atoms with van der Waals surface area (Å²) in [6.07, 6.45) is 11.8. The zero-order valence-corrected chi connectivity index (χ0v) is 46.9. The maximum atomic E-state index is 14.2. The van der Waals surface area contributed by atoms with Crippen LogP contribution in [-0.4, -0.2) is 145 Å². The minimum Gasteiger partial charge on any atom is -0.469 e. The van der Waals surface area contributed by atoms with Crippen LogP contribution in [0, 0.1) is 5.41 Å². The van der Waals surface area contributed by atoms with E-state index in [1.54, 1.807) is 30.5 Å². The monoisotopic (exact) mass is 1140 g/mol. The lowest BCUT2D eigenvalue weighted by Gasteiger charge is -2.39. The van der Waals surface area contributed by atoms with Gasteiger partial charge in [-0.3, -0.25) is 14.5 Å². The van der Waals surface area contributed by atoms with Gasteiger partial charge in [0.05, 0.1) is 29.5 Å². The number of carbonyl (C=O) groups is 2. The number of nitrogens with zero attached hydrogens (tertiary/aromatic N) is 5. The largest absolute Gasteiger partial charge is 0.501 e. The highest BCUT2D eigenvalue weighted by Gasteiger charge is 2.48. The average Bonchev–Trinajstić information content (AvgIpc) is 3.83. The number of H-pyrrole nitrogens is 1. The van der Waals surface area contributed by atoms with E-state index in [0.717, 1.165) is 116 Å². The molecule has 4 heterocycles. The lowest BCUT2D eigenvalue weighted by molar-refractivity contribution is -0.140. The molecule has 2 aromatic heterocycles. The fourth-order valence-corrected chi connectivity index (χ4v) is 12.6. The summed E-state index contributed by atoms with van der Waals surface area (Å²) in [5.74, 6) is -1.13. The van der Waals surface area contributed by atoms with E-state index in [4.69, 9.17) is 21.1 Å². The van der Waals surface area contributed by atoms with Crippen LogP contribution in [0.3, 0.4) is 0 Å². The number of alkyl halides is 3. The molecule has 3 N–H and O–H groups in total. The van der Waals surface area contributed by atoms with Gasteiger partial charge in [-0.1, -0.05) is 56.0 Å². The lowest BCUT2D eigenvalue weighted by Crippen LogP contribution is -2.47. The SMILES string of the molecule is COC(=O)CCCCCCN1CCCN(CCCNc2ccc(S(=O)(=O)NC(=O)c3ccc(N4CCN(CC5=C(c6ccc(Cl)cc6)CC(C)(C)CC5)CC4)cc3Oc3cnc4[nH]ccc4c3)cc2S(=O)(=O)C(F)(F)F)CC1. The number of aromatic amines is 1. The Kier molecular flexibility index (Phi) is 19.2. The van der Waals surface area contributed by atoms with Crippen molar-refractivity contribution in [2.45, 2.75) is 93.4 Å². The van der Waals surface area contributed by atoms with E-state index >= 15 is 0 Å². The molecule has 2 fully saturated rings. The van der Waals surface area contributed by atoms with Crippen molar-refractivity contribution in [1.29, 1.82) is 0 Å². The number of sulfonamides is 1. The van der Waals surface area contributed by atoms with E-state index in [1.165, 1.54) is 36.1 Å². The molecule has 0 saturated carbocycles. The van der Waals surface area contributed by atoms with Crippen LogP contribution >= 0.6 is 11.6 Å². The van der Waals surface area contributed by atoms with Gasteiger partial charge in [-0.05, 0) is 142 Å². The van der Waals surface area contributed by atoms with Gasteiger partial charge in [0.15, 0.2) is 0 Å². The summed E-state index contributed by atoms with van der Waals surface area (Å²) in [6.45, 7) is 13.2. The predicted octanol–water partition coefficient (Wildman–Crippen LogP) is 10.1. The Hall–Kier alpha value is -5.71. The first-order valence-corrected chi connectivity index (χ1v) is 30.0. The number of benzene rings is 3. The van der Waals surface area contributed by atoms with Crippen molar-refractivity contribution in [1.82, 2.24) is 29.4 Å². The second-order valence-electron chi connectivity index (χ2n) is 21.2. The van der Waals surface area contributed by atoms with Crippen molar-refractivity contribution < 1.29 is 49.1 Å². The van der Waals surface area contributed by atoms with Crippen molar-refractivity contribution in [3.63, 3.8) is 0 Å². The first-order valence-electron chi connectivity index (χ1n) is 26.7. The minimum absolute atomic E-state index is 0.0141. The molecule has 1 amide bonds. The number of methoxy groups -OCH3 is 1. The number of allylic oxidation sites excluding steroid dienone is 1. The number of carbonyl (C=O) groups excluding carboxylic acids is 2. The van der Waals surface area contributed by atoms with Gasteiger partial charge < -0.3 is 34.5 Å². The number of fused-ring (bicyclic) bond motifs is 1. The number of esters is 1. The highest BCUT2D eigenvalue weighted by atomic mass is 35.5. The number of hydrogen-bond acceptors (Lipinski definition) is 14. The van der Waals surface area contributed by atoms with Gasteiger partial charge in [-0.2, -0.15) is 13.2 Å². The number of ether oxygens (including phenoxy) is 2. The van der Waals surface area contributed by atoms with Crippen molar-refractivity contribution in [2.24, 2.45) is 5.41 Å². The molecule has 22 heteroatoms. The van der Waals surface area contributed by atoms with E-state index in [1.807, 2.05) is 16.9 Å². The molecular formula is C56H70ClF3N8O8S2. The van der Waals surface area contributed by atoms with Crippen molar-refractivity contribution in [3.05, 3.63) is 107 Å². The minimum atomic E-state index is -6.07. The predicted molar refractivity (Wildman–Crippen MR) is 297 cm³/mol. The van der Waals surface area contributed by atoms with Gasteiger partial charge in [-0.25, -0.2) is 26.5 Å². The topological polar surface area (TPSA) is 187 Å². The van der Waals surface area contributed by atoms with Crippen molar-refractivity contribution in [3.8, 4) is 11.5 Å². The molecule has 5 aromatic rings. The second-order valence-corrected chi connectivity index (χ2v) is 25.2. The van der Waals surface area contributed by atoms with Crippen LogP contribution in [0.4, 0.5) is 24.5 Å². The van der Waals surface area contributed by atoms with E-state index < -0.39 is 46.8 Å². The zero-order chi connectivity index (χ0) is 55.7. The maximum Gasteiger partial charge on any atom is 0.501 e. The highest BCUT2D eigenvalue weighted by molar-refractivity contribution is 7.92. The normalized spacial score (nSPS) is 17.2. The fraction of sp³-hybridized carbons (Fsp3) is 0.482. The molecule has 16 nitrogen and oxygen atoms in total. The number of anilines is 2. The van der Waals surface area contributed by atoms with Gasteiger partial charge in [-0.15, -0.1) is 0 Å². The maximum absolute atomic E-state index is 14.2. The molecule has 0 spiro atoms. The Morgan fingerprint density at radius 2 is 1.53 bits per heavy atom. The lowest BCUT2D eigenvalue weighted by atomic mass is 9.72. The number of rotatable bonds is 22. The van der Waals surface area contributed by atoms with Crippen molar-refractivity contribution >= 4 is 71.3 Å². The third kappa shape index (κ3) is 15.1. The third-order valence-corrected chi connectivity index (χ3v) is 18.0. The highest BCUT2D eigenvalue weighted by Crippen LogP contribution is 2.44. The van der Waals surface area contributed by atoms with Crippen LogP contribution in [0.2, 0.25) is 5.02 Å². The molecule has 2 saturated heterocycles. The molecular weight excluding hydrogens is 1070 g/mol. The Morgan fingerprint density at radius 3 is 2.24 bits per heavy atom. The van der Waals surface area contributed by atoms with E-state index in [9.17, 15) is 39.6 Å². The molecule has 3 aromatic carbocycles. The summed E-state index contributed by atoms with van der Waals surface area (Å²) in [4.78, 5) is 40.0. The van der Waals surface area contributed by atoms with Crippen LogP contribution in [0.5, 0.6) is 11.5 Å². The molecule has 78 heavy (non-hydrogen) atoms. The summed E-state index contributed by atoms with van der Waals surface area (Å²) in [5.41, 5.74) is -0.954. The molecule has 422 valence electrons. The third-order valence-electron chi connectivity index (χ3n) is 14.9. The fourth-order valence-electron chi connectivity index (χ4n) is 10.4. The number of aromatic nitrogens is 2. The Labute approximate surface area is 460 Å². The summed E-state index contributed by atoms with van der Waals surface area (Å²) in [7, 11) is -9.68. The summed E-state index contributed by atoms with van der Waals surface area (Å²) in [5, 5.41) is 4.21. The molecule has 8 rings (SSSR count). The van der Waals surface area contributed by atoms with E-state index in [0.29, 0.717) is 60.3 Å². The number of hydrogen-bond donors (Lipinski definition) is 3. The zero-order valence-electron chi connectivity index (χ0n) is 44.5. The standard InChI is InChI=1S/C56H70ClF3N8O8S2/c1-55(2)21-19-42(48(37-55)40-11-13-43(57)14-12-40)39-67-30-32-68(33-31-67)44-15-17-47(50(35-44)76-45-34-41-20-23-62-53(41)63-38-45)54(70)64-78(73,74)46-16-18-49(51(36-46)77(71,72)56(58,59)60)61-22-8-25-66-27-9-26-65(28-29-66)24-7-5-4-6-10-52(69)75-3/h11-18,20,23,34-36,38,61H,4-10,19,21-22,24-33,37,39H2,1-3H3,(H,62,63)(H,64,70). The summed E-state index contributed by atoms with van der Waals surface area (Å²) >= 11 is 6.25. The first-order chi connectivity index (χ1) is 37.2. The van der Waals surface area contributed by atoms with Crippen LogP contribution in [0.1, 0.15) is 94.0 Å². The van der Waals surface area contributed by atoms with Crippen LogP contribution in [0.15, 0.2) is 101 Å². The summed E-state index contributed by atoms with van der Waals surface area (Å²) < 4.78 is 110. The smallest absolute Gasteiger partial charge is 0.469 e. The Morgan fingerprint density at radius 1 is 0.821 bits per heavy atom. The molecule has 0 atom stereocenters. The number of sulfone groups is 1. The molecule has 3 aliphatic rings. The van der Waals surface area contributed by atoms with Crippen molar-refractivity contribution in [2.75, 3.05) is 95.9 Å². The molecule has 2 aliphatic heterocycles. The van der Waals surface area contributed by atoms with Crippen LogP contribution in [-0.2, 0) is 29.4 Å². The number of amides is 1.